The number of hydrogen-bond acceptors (Lipinski definition) is 5. The van der Waals surface area contributed by atoms with Crippen LogP contribution in [-0.4, -0.2) is 39.0 Å². The predicted molar refractivity (Wildman–Crippen MR) is 105 cm³/mol. The van der Waals surface area contributed by atoms with Crippen LogP contribution in [0.2, 0.25) is 0 Å². The lowest BCUT2D eigenvalue weighted by Gasteiger charge is -2.28. The zero-order chi connectivity index (χ0) is 19.1. The van der Waals surface area contributed by atoms with E-state index in [1.165, 1.54) is 32.1 Å². The van der Waals surface area contributed by atoms with Crippen LogP contribution in [0.5, 0.6) is 11.5 Å². The second kappa shape index (κ2) is 9.07. The van der Waals surface area contributed by atoms with Gasteiger partial charge in [-0.2, -0.15) is 0 Å². The Kier molecular flexibility index (Phi) is 6.30. The van der Waals surface area contributed by atoms with E-state index < -0.39 is 0 Å². The lowest BCUT2D eigenvalue weighted by molar-refractivity contribution is -0.118. The number of methoxy groups -OCH3 is 1. The minimum absolute atomic E-state index is 0.174. The third kappa shape index (κ3) is 5.00. The highest BCUT2D eigenvalue weighted by Gasteiger charge is 2.12. The summed E-state index contributed by atoms with van der Waals surface area (Å²) in [6.07, 6.45) is 4.47. The molecule has 2 aromatic carbocycles. The molecule has 0 bridgehead atoms. The summed E-state index contributed by atoms with van der Waals surface area (Å²) in [7, 11) is 1.51. The summed E-state index contributed by atoms with van der Waals surface area (Å²) in [6, 6.07) is 12.7. The second-order valence-electron chi connectivity index (χ2n) is 6.46. The monoisotopic (exact) mass is 368 g/mol. The minimum Gasteiger partial charge on any atom is -0.493 e. The number of piperidine rings is 1. The summed E-state index contributed by atoms with van der Waals surface area (Å²) in [5, 5.41) is 2.82. The predicted octanol–water partition coefficient (Wildman–Crippen LogP) is 3.52. The van der Waals surface area contributed by atoms with Gasteiger partial charge < -0.3 is 19.7 Å². The number of rotatable bonds is 7. The molecule has 0 radical (unpaired) electrons. The van der Waals surface area contributed by atoms with Gasteiger partial charge in [-0.15, -0.1) is 0 Å². The van der Waals surface area contributed by atoms with Crippen molar-refractivity contribution in [2.75, 3.05) is 37.0 Å². The number of benzene rings is 2. The molecule has 6 nitrogen and oxygen atoms in total. The van der Waals surface area contributed by atoms with Crippen molar-refractivity contribution in [2.24, 2.45) is 0 Å². The average Bonchev–Trinajstić information content (AvgIpc) is 2.73. The summed E-state index contributed by atoms with van der Waals surface area (Å²) in [6.45, 7) is 2.00. The Bertz CT molecular complexity index is 783. The molecule has 1 amide bonds. The number of carbonyl (C=O) groups is 2. The summed E-state index contributed by atoms with van der Waals surface area (Å²) in [5.74, 6) is 0.552. The minimum atomic E-state index is -0.278. The molecule has 142 valence electrons. The standard InChI is InChI=1S/C21H24N2O4/c1-26-19-10-5-16(14-24)13-20(19)27-15-21(25)22-17-6-8-18(9-7-17)23-11-3-2-4-12-23/h5-10,13-14H,2-4,11-12,15H2,1H3,(H,22,25). The van der Waals surface area contributed by atoms with Crippen LogP contribution in [0.15, 0.2) is 42.5 Å². The highest BCUT2D eigenvalue weighted by atomic mass is 16.5. The van der Waals surface area contributed by atoms with Crippen molar-refractivity contribution in [1.29, 1.82) is 0 Å². The van der Waals surface area contributed by atoms with Gasteiger partial charge in [-0.25, -0.2) is 0 Å². The van der Waals surface area contributed by atoms with Crippen LogP contribution in [0.1, 0.15) is 29.6 Å². The third-order valence-corrected chi connectivity index (χ3v) is 4.55. The van der Waals surface area contributed by atoms with Gasteiger partial charge in [-0.05, 0) is 61.7 Å². The van der Waals surface area contributed by atoms with Gasteiger partial charge in [0.2, 0.25) is 0 Å². The third-order valence-electron chi connectivity index (χ3n) is 4.55. The van der Waals surface area contributed by atoms with E-state index in [1.54, 1.807) is 18.2 Å². The van der Waals surface area contributed by atoms with E-state index in [1.807, 2.05) is 24.3 Å². The lowest BCUT2D eigenvalue weighted by atomic mass is 10.1. The van der Waals surface area contributed by atoms with E-state index in [2.05, 4.69) is 10.2 Å². The van der Waals surface area contributed by atoms with Crippen molar-refractivity contribution >= 4 is 23.6 Å². The fourth-order valence-corrected chi connectivity index (χ4v) is 3.13. The van der Waals surface area contributed by atoms with Crippen LogP contribution in [0, 0.1) is 0 Å². The maximum Gasteiger partial charge on any atom is 0.262 e. The first kappa shape index (κ1) is 18.8. The largest absolute Gasteiger partial charge is 0.493 e. The molecule has 0 unspecified atom stereocenters. The van der Waals surface area contributed by atoms with Gasteiger partial charge in [0.1, 0.15) is 6.29 Å². The van der Waals surface area contributed by atoms with Gasteiger partial charge >= 0.3 is 0 Å². The maximum atomic E-state index is 12.2. The number of anilines is 2. The van der Waals surface area contributed by atoms with Crippen LogP contribution < -0.4 is 19.7 Å². The van der Waals surface area contributed by atoms with Crippen LogP contribution >= 0.6 is 0 Å². The summed E-state index contributed by atoms with van der Waals surface area (Å²) in [5.41, 5.74) is 2.36. The number of nitrogens with zero attached hydrogens (tertiary/aromatic N) is 1. The Balaban J connectivity index is 1.55. The smallest absolute Gasteiger partial charge is 0.262 e. The number of aldehydes is 1. The van der Waals surface area contributed by atoms with Crippen LogP contribution in [0.3, 0.4) is 0 Å². The quantitative estimate of drug-likeness (QED) is 0.758. The van der Waals surface area contributed by atoms with E-state index in [-0.39, 0.29) is 12.5 Å². The average molecular weight is 368 g/mol. The Morgan fingerprint density at radius 2 is 1.81 bits per heavy atom. The van der Waals surface area contributed by atoms with Crippen molar-refractivity contribution < 1.29 is 19.1 Å². The Morgan fingerprint density at radius 3 is 2.48 bits per heavy atom. The van der Waals surface area contributed by atoms with Gasteiger partial charge in [0.05, 0.1) is 7.11 Å². The molecule has 0 spiro atoms. The molecule has 0 aliphatic carbocycles. The SMILES string of the molecule is COc1ccc(C=O)cc1OCC(=O)Nc1ccc(N2CCCCC2)cc1. The number of ether oxygens (including phenoxy) is 2. The van der Waals surface area contributed by atoms with Crippen molar-refractivity contribution in [2.45, 2.75) is 19.3 Å². The fraction of sp³-hybridized carbons (Fsp3) is 0.333. The molecule has 0 aromatic heterocycles. The molecule has 1 aliphatic heterocycles. The molecular weight excluding hydrogens is 344 g/mol. The van der Waals surface area contributed by atoms with E-state index in [0.29, 0.717) is 17.1 Å². The lowest BCUT2D eigenvalue weighted by Crippen LogP contribution is -2.29. The molecule has 1 saturated heterocycles. The molecule has 0 saturated carbocycles. The fourth-order valence-electron chi connectivity index (χ4n) is 3.13. The Labute approximate surface area is 159 Å². The van der Waals surface area contributed by atoms with E-state index >= 15 is 0 Å². The number of carbonyl (C=O) groups excluding carboxylic acids is 2. The van der Waals surface area contributed by atoms with Crippen LogP contribution in [0.25, 0.3) is 0 Å². The van der Waals surface area contributed by atoms with Gasteiger partial charge in [0, 0.05) is 30.0 Å². The summed E-state index contributed by atoms with van der Waals surface area (Å²) >= 11 is 0. The molecule has 1 aliphatic rings. The molecule has 6 heteroatoms. The van der Waals surface area contributed by atoms with Crippen LogP contribution in [-0.2, 0) is 4.79 Å². The normalized spacial score (nSPS) is 13.7. The number of amides is 1. The first-order chi connectivity index (χ1) is 13.2. The first-order valence-electron chi connectivity index (χ1n) is 9.10. The van der Waals surface area contributed by atoms with Crippen molar-refractivity contribution in [3.63, 3.8) is 0 Å². The molecule has 1 heterocycles. The van der Waals surface area contributed by atoms with Gasteiger partial charge in [-0.1, -0.05) is 0 Å². The first-order valence-corrected chi connectivity index (χ1v) is 9.10. The highest BCUT2D eigenvalue weighted by Crippen LogP contribution is 2.27. The van der Waals surface area contributed by atoms with Crippen molar-refractivity contribution in [3.05, 3.63) is 48.0 Å². The van der Waals surface area contributed by atoms with Gasteiger partial charge in [-0.3, -0.25) is 9.59 Å². The molecule has 0 atom stereocenters. The molecule has 1 N–H and O–H groups in total. The van der Waals surface area contributed by atoms with Crippen molar-refractivity contribution in [3.8, 4) is 11.5 Å². The van der Waals surface area contributed by atoms with Gasteiger partial charge in [0.15, 0.2) is 18.1 Å². The maximum absolute atomic E-state index is 12.2. The topological polar surface area (TPSA) is 67.9 Å². The van der Waals surface area contributed by atoms with Crippen LogP contribution in [0.4, 0.5) is 11.4 Å². The summed E-state index contributed by atoms with van der Waals surface area (Å²) in [4.78, 5) is 25.4. The zero-order valence-electron chi connectivity index (χ0n) is 15.4. The number of nitrogens with one attached hydrogen (secondary N) is 1. The number of hydrogen-bond donors (Lipinski definition) is 1. The second-order valence-corrected chi connectivity index (χ2v) is 6.46. The van der Waals surface area contributed by atoms with E-state index in [4.69, 9.17) is 9.47 Å². The Hall–Kier alpha value is -3.02. The zero-order valence-corrected chi connectivity index (χ0v) is 15.4. The van der Waals surface area contributed by atoms with E-state index in [0.717, 1.165) is 25.1 Å². The highest BCUT2D eigenvalue weighted by molar-refractivity contribution is 5.92. The molecule has 27 heavy (non-hydrogen) atoms. The van der Waals surface area contributed by atoms with Gasteiger partial charge in [0.25, 0.3) is 5.91 Å². The Morgan fingerprint density at radius 1 is 1.07 bits per heavy atom. The van der Waals surface area contributed by atoms with Crippen molar-refractivity contribution in [1.82, 2.24) is 0 Å². The summed E-state index contributed by atoms with van der Waals surface area (Å²) < 4.78 is 10.7. The molecular formula is C21H24N2O4. The molecule has 2 aromatic rings. The van der Waals surface area contributed by atoms with E-state index in [9.17, 15) is 9.59 Å². The molecule has 1 fully saturated rings. The molecule has 3 rings (SSSR count).